The van der Waals surface area contributed by atoms with Gasteiger partial charge in [0.1, 0.15) is 0 Å². The quantitative estimate of drug-likeness (QED) is 0.885. The molecule has 1 fully saturated rings. The SMILES string of the molecule is CC1(C)CN(C(=O)C(F)(F)c2cccc(Cl)c2)CCC1N.Cl. The van der Waals surface area contributed by atoms with Gasteiger partial charge < -0.3 is 10.6 Å². The lowest BCUT2D eigenvalue weighted by Gasteiger charge is -2.43. The van der Waals surface area contributed by atoms with Crippen LogP contribution in [-0.4, -0.2) is 29.9 Å². The zero-order valence-corrected chi connectivity index (χ0v) is 14.1. The Hall–Kier alpha value is -0.910. The van der Waals surface area contributed by atoms with Gasteiger partial charge in [-0.3, -0.25) is 4.79 Å². The van der Waals surface area contributed by atoms with Crippen molar-refractivity contribution in [2.24, 2.45) is 11.1 Å². The van der Waals surface area contributed by atoms with Crippen molar-refractivity contribution in [3.8, 4) is 0 Å². The summed E-state index contributed by atoms with van der Waals surface area (Å²) in [4.78, 5) is 13.4. The van der Waals surface area contributed by atoms with Crippen LogP contribution >= 0.6 is 24.0 Å². The fourth-order valence-corrected chi connectivity index (χ4v) is 2.74. The molecule has 0 spiro atoms. The van der Waals surface area contributed by atoms with Crippen LogP contribution in [-0.2, 0) is 10.7 Å². The summed E-state index contributed by atoms with van der Waals surface area (Å²) in [6.45, 7) is 4.24. The van der Waals surface area contributed by atoms with Crippen molar-refractivity contribution < 1.29 is 13.6 Å². The average molecular weight is 353 g/mol. The number of piperidine rings is 1. The van der Waals surface area contributed by atoms with Crippen LogP contribution in [0.1, 0.15) is 25.8 Å². The Morgan fingerprint density at radius 2 is 2.09 bits per heavy atom. The number of carbonyl (C=O) groups excluding carboxylic acids is 1. The van der Waals surface area contributed by atoms with Crippen molar-refractivity contribution in [2.75, 3.05) is 13.1 Å². The topological polar surface area (TPSA) is 46.3 Å². The fraction of sp³-hybridized carbons (Fsp3) is 0.533. The van der Waals surface area contributed by atoms with E-state index in [0.29, 0.717) is 6.42 Å². The molecule has 0 radical (unpaired) electrons. The third kappa shape index (κ3) is 3.70. The summed E-state index contributed by atoms with van der Waals surface area (Å²) in [5, 5.41) is 0.181. The Bertz CT molecular complexity index is 552. The van der Waals surface area contributed by atoms with Gasteiger partial charge in [0, 0.05) is 29.7 Å². The minimum atomic E-state index is -3.58. The molecule has 1 heterocycles. The zero-order chi connectivity index (χ0) is 15.8. The minimum Gasteiger partial charge on any atom is -0.337 e. The van der Waals surface area contributed by atoms with Crippen LogP contribution < -0.4 is 5.73 Å². The van der Waals surface area contributed by atoms with Crippen molar-refractivity contribution in [1.29, 1.82) is 0 Å². The third-order valence-corrected chi connectivity index (χ3v) is 4.29. The Morgan fingerprint density at radius 1 is 1.45 bits per heavy atom. The molecule has 0 aliphatic carbocycles. The minimum absolute atomic E-state index is 0. The van der Waals surface area contributed by atoms with Gasteiger partial charge in [0.25, 0.3) is 5.91 Å². The van der Waals surface area contributed by atoms with Gasteiger partial charge in [-0.1, -0.05) is 37.6 Å². The largest absolute Gasteiger partial charge is 0.350 e. The molecular formula is C15H20Cl2F2N2O. The Kier molecular flexibility index (Phi) is 5.82. The molecule has 1 aliphatic heterocycles. The molecule has 7 heteroatoms. The summed E-state index contributed by atoms with van der Waals surface area (Å²) < 4.78 is 28.8. The highest BCUT2D eigenvalue weighted by Crippen LogP contribution is 2.35. The van der Waals surface area contributed by atoms with Gasteiger partial charge in [0.2, 0.25) is 0 Å². The van der Waals surface area contributed by atoms with E-state index in [4.69, 9.17) is 17.3 Å². The third-order valence-electron chi connectivity index (χ3n) is 4.06. The lowest BCUT2D eigenvalue weighted by atomic mass is 9.79. The Labute approximate surface area is 140 Å². The fourth-order valence-electron chi connectivity index (χ4n) is 2.55. The number of nitrogens with two attached hydrogens (primary N) is 1. The molecule has 124 valence electrons. The van der Waals surface area contributed by atoms with E-state index in [1.54, 1.807) is 0 Å². The molecule has 3 nitrogen and oxygen atoms in total. The highest BCUT2D eigenvalue weighted by Gasteiger charge is 2.47. The van der Waals surface area contributed by atoms with E-state index in [1.165, 1.54) is 23.1 Å². The highest BCUT2D eigenvalue weighted by molar-refractivity contribution is 6.30. The predicted octanol–water partition coefficient (Wildman–Crippen LogP) is 3.44. The number of likely N-dealkylation sites (tertiary alicyclic amines) is 1. The molecule has 2 rings (SSSR count). The number of carbonyl (C=O) groups is 1. The molecule has 1 atom stereocenters. The van der Waals surface area contributed by atoms with Crippen molar-refractivity contribution in [1.82, 2.24) is 4.90 Å². The number of hydrogen-bond donors (Lipinski definition) is 1. The Balaban J connectivity index is 0.00000242. The van der Waals surface area contributed by atoms with Gasteiger partial charge in [0.05, 0.1) is 0 Å². The van der Waals surface area contributed by atoms with Crippen LogP contribution in [0, 0.1) is 5.41 Å². The van der Waals surface area contributed by atoms with Gasteiger partial charge in [-0.15, -0.1) is 12.4 Å². The first-order chi connectivity index (χ1) is 9.64. The molecule has 0 aromatic heterocycles. The van der Waals surface area contributed by atoms with Gasteiger partial charge in [-0.25, -0.2) is 0 Å². The second-order valence-corrected chi connectivity index (χ2v) is 6.63. The molecular weight excluding hydrogens is 333 g/mol. The van der Waals surface area contributed by atoms with Crippen LogP contribution in [0.5, 0.6) is 0 Å². The first-order valence-electron chi connectivity index (χ1n) is 6.83. The maximum Gasteiger partial charge on any atom is 0.350 e. The molecule has 1 aliphatic rings. The summed E-state index contributed by atoms with van der Waals surface area (Å²) in [5.41, 5.74) is 5.21. The van der Waals surface area contributed by atoms with E-state index >= 15 is 0 Å². The van der Waals surface area contributed by atoms with Crippen LogP contribution in [0.3, 0.4) is 0 Å². The summed E-state index contributed by atoms with van der Waals surface area (Å²) in [5.74, 6) is -4.77. The molecule has 1 aromatic carbocycles. The summed E-state index contributed by atoms with van der Waals surface area (Å²) >= 11 is 5.73. The van der Waals surface area contributed by atoms with Crippen molar-refractivity contribution in [3.05, 3.63) is 34.9 Å². The number of rotatable bonds is 2. The first kappa shape index (κ1) is 19.1. The van der Waals surface area contributed by atoms with Gasteiger partial charge in [0.15, 0.2) is 0 Å². The number of hydrogen-bond acceptors (Lipinski definition) is 2. The van der Waals surface area contributed by atoms with E-state index in [0.717, 1.165) is 6.07 Å². The molecule has 1 amide bonds. The highest BCUT2D eigenvalue weighted by atomic mass is 35.5. The van der Waals surface area contributed by atoms with Crippen molar-refractivity contribution in [2.45, 2.75) is 32.2 Å². The van der Waals surface area contributed by atoms with E-state index in [-0.39, 0.29) is 47.5 Å². The van der Waals surface area contributed by atoms with Gasteiger partial charge in [-0.2, -0.15) is 8.78 Å². The molecule has 2 N–H and O–H groups in total. The van der Waals surface area contributed by atoms with Crippen LogP contribution in [0.4, 0.5) is 8.78 Å². The Morgan fingerprint density at radius 3 is 2.64 bits per heavy atom. The summed E-state index contributed by atoms with van der Waals surface area (Å²) in [6, 6.07) is 5.15. The molecule has 0 saturated carbocycles. The number of amides is 1. The van der Waals surface area contributed by atoms with Gasteiger partial charge >= 0.3 is 5.92 Å². The van der Waals surface area contributed by atoms with E-state index < -0.39 is 11.8 Å². The van der Waals surface area contributed by atoms with Gasteiger partial charge in [-0.05, 0) is 24.0 Å². The second kappa shape index (κ2) is 6.69. The van der Waals surface area contributed by atoms with E-state index in [1.807, 2.05) is 13.8 Å². The molecule has 1 aromatic rings. The number of halogens is 4. The standard InChI is InChI=1S/C15H19ClF2N2O.ClH/c1-14(2)9-20(7-6-12(14)19)13(21)15(17,18)10-4-3-5-11(16)8-10;/h3-5,8,12H,6-7,9,19H2,1-2H3;1H. The maximum atomic E-state index is 14.4. The summed E-state index contributed by atoms with van der Waals surface area (Å²) in [7, 11) is 0. The number of benzene rings is 1. The van der Waals surface area contributed by atoms with Crippen LogP contribution in [0.15, 0.2) is 24.3 Å². The second-order valence-electron chi connectivity index (χ2n) is 6.20. The number of alkyl halides is 2. The average Bonchev–Trinajstić information content (AvgIpc) is 2.41. The smallest absolute Gasteiger partial charge is 0.337 e. The molecule has 1 unspecified atom stereocenters. The lowest BCUT2D eigenvalue weighted by Crippen LogP contribution is -2.56. The monoisotopic (exact) mass is 352 g/mol. The predicted molar refractivity (Wildman–Crippen MR) is 85.5 cm³/mol. The normalized spacial score (nSPS) is 21.2. The van der Waals surface area contributed by atoms with Crippen molar-refractivity contribution >= 4 is 29.9 Å². The summed E-state index contributed by atoms with van der Waals surface area (Å²) in [6.07, 6.45) is 0.518. The molecule has 22 heavy (non-hydrogen) atoms. The van der Waals surface area contributed by atoms with Crippen molar-refractivity contribution in [3.63, 3.8) is 0 Å². The van der Waals surface area contributed by atoms with E-state index in [2.05, 4.69) is 0 Å². The maximum absolute atomic E-state index is 14.4. The first-order valence-corrected chi connectivity index (χ1v) is 7.21. The van der Waals surface area contributed by atoms with E-state index in [9.17, 15) is 13.6 Å². The lowest BCUT2D eigenvalue weighted by molar-refractivity contribution is -0.162. The molecule has 0 bridgehead atoms. The zero-order valence-electron chi connectivity index (χ0n) is 12.5. The molecule has 1 saturated heterocycles. The van der Waals surface area contributed by atoms with Crippen LogP contribution in [0.2, 0.25) is 5.02 Å². The van der Waals surface area contributed by atoms with Crippen LogP contribution in [0.25, 0.3) is 0 Å². The number of nitrogens with zero attached hydrogens (tertiary/aromatic N) is 1.